The van der Waals surface area contributed by atoms with Crippen molar-refractivity contribution >= 4 is 0 Å². The molecule has 2 rings (SSSR count). The van der Waals surface area contributed by atoms with Gasteiger partial charge in [-0.3, -0.25) is 0 Å². The molecule has 0 amide bonds. The SMILES string of the molecule is CNCc1cc(-c2ccc(OC)cc2)[nH]c1C. The van der Waals surface area contributed by atoms with Crippen LogP contribution in [-0.2, 0) is 6.54 Å². The molecule has 0 atom stereocenters. The molecule has 17 heavy (non-hydrogen) atoms. The van der Waals surface area contributed by atoms with Gasteiger partial charge in [0.15, 0.2) is 0 Å². The zero-order valence-corrected chi connectivity index (χ0v) is 10.5. The average molecular weight is 230 g/mol. The molecule has 90 valence electrons. The lowest BCUT2D eigenvalue weighted by Gasteiger charge is -2.01. The van der Waals surface area contributed by atoms with Crippen molar-refractivity contribution < 1.29 is 4.74 Å². The number of methoxy groups -OCH3 is 1. The molecule has 1 aromatic heterocycles. The number of nitrogens with one attached hydrogen (secondary N) is 2. The van der Waals surface area contributed by atoms with Crippen LogP contribution in [-0.4, -0.2) is 19.1 Å². The van der Waals surface area contributed by atoms with E-state index < -0.39 is 0 Å². The zero-order valence-electron chi connectivity index (χ0n) is 10.5. The molecular weight excluding hydrogens is 212 g/mol. The highest BCUT2D eigenvalue weighted by molar-refractivity contribution is 5.62. The van der Waals surface area contributed by atoms with E-state index in [1.807, 2.05) is 19.2 Å². The van der Waals surface area contributed by atoms with Gasteiger partial charge in [0.05, 0.1) is 7.11 Å². The van der Waals surface area contributed by atoms with E-state index in [9.17, 15) is 0 Å². The fourth-order valence-electron chi connectivity index (χ4n) is 1.90. The topological polar surface area (TPSA) is 37.0 Å². The zero-order chi connectivity index (χ0) is 12.3. The molecule has 3 nitrogen and oxygen atoms in total. The fourth-order valence-corrected chi connectivity index (χ4v) is 1.90. The molecule has 1 heterocycles. The lowest BCUT2D eigenvalue weighted by Crippen LogP contribution is -2.04. The van der Waals surface area contributed by atoms with Gasteiger partial charge in [-0.15, -0.1) is 0 Å². The van der Waals surface area contributed by atoms with Crippen LogP contribution in [0.5, 0.6) is 5.75 Å². The summed E-state index contributed by atoms with van der Waals surface area (Å²) in [6, 6.07) is 10.3. The van der Waals surface area contributed by atoms with Gasteiger partial charge in [-0.05, 0) is 55.4 Å². The van der Waals surface area contributed by atoms with Gasteiger partial charge in [-0.2, -0.15) is 0 Å². The van der Waals surface area contributed by atoms with Crippen molar-refractivity contribution in [3.63, 3.8) is 0 Å². The van der Waals surface area contributed by atoms with Crippen LogP contribution in [0.4, 0.5) is 0 Å². The Morgan fingerprint density at radius 1 is 1.24 bits per heavy atom. The summed E-state index contributed by atoms with van der Waals surface area (Å²) in [5, 5.41) is 3.17. The van der Waals surface area contributed by atoms with Crippen molar-refractivity contribution in [1.29, 1.82) is 0 Å². The second kappa shape index (κ2) is 5.06. The number of aromatic amines is 1. The van der Waals surface area contributed by atoms with E-state index in [1.54, 1.807) is 7.11 Å². The minimum absolute atomic E-state index is 0.882. The van der Waals surface area contributed by atoms with E-state index in [0.717, 1.165) is 18.0 Å². The lowest BCUT2D eigenvalue weighted by atomic mass is 10.1. The minimum atomic E-state index is 0.882. The van der Waals surface area contributed by atoms with Gasteiger partial charge < -0.3 is 15.0 Å². The first kappa shape index (κ1) is 11.7. The van der Waals surface area contributed by atoms with E-state index in [-0.39, 0.29) is 0 Å². The van der Waals surface area contributed by atoms with Gasteiger partial charge in [-0.1, -0.05) is 0 Å². The monoisotopic (exact) mass is 230 g/mol. The Hall–Kier alpha value is -1.74. The Balaban J connectivity index is 2.29. The molecule has 3 heteroatoms. The second-order valence-corrected chi connectivity index (χ2v) is 4.09. The molecule has 2 aromatic rings. The molecule has 0 unspecified atom stereocenters. The predicted octanol–water partition coefficient (Wildman–Crippen LogP) is 2.72. The van der Waals surface area contributed by atoms with Crippen molar-refractivity contribution in [2.45, 2.75) is 13.5 Å². The number of aromatic nitrogens is 1. The molecule has 0 saturated carbocycles. The maximum Gasteiger partial charge on any atom is 0.118 e. The molecule has 0 fully saturated rings. The van der Waals surface area contributed by atoms with Crippen LogP contribution >= 0.6 is 0 Å². The number of hydrogen-bond acceptors (Lipinski definition) is 2. The van der Waals surface area contributed by atoms with Crippen molar-refractivity contribution in [2.75, 3.05) is 14.2 Å². The Labute approximate surface area is 102 Å². The molecule has 0 aliphatic carbocycles. The highest BCUT2D eigenvalue weighted by Crippen LogP contribution is 2.23. The molecule has 0 saturated heterocycles. The molecule has 2 N–H and O–H groups in total. The smallest absolute Gasteiger partial charge is 0.118 e. The largest absolute Gasteiger partial charge is 0.497 e. The third-order valence-corrected chi connectivity index (χ3v) is 2.89. The number of aryl methyl sites for hydroxylation is 1. The van der Waals surface area contributed by atoms with Gasteiger partial charge in [0.2, 0.25) is 0 Å². The van der Waals surface area contributed by atoms with Crippen LogP contribution < -0.4 is 10.1 Å². The van der Waals surface area contributed by atoms with Crippen molar-refractivity contribution in [2.24, 2.45) is 0 Å². The number of H-pyrrole nitrogens is 1. The molecule has 0 aliphatic rings. The quantitative estimate of drug-likeness (QED) is 0.847. The molecule has 0 aliphatic heterocycles. The van der Waals surface area contributed by atoms with E-state index in [0.29, 0.717) is 0 Å². The van der Waals surface area contributed by atoms with E-state index in [4.69, 9.17) is 4.74 Å². The summed E-state index contributed by atoms with van der Waals surface area (Å²) in [5.74, 6) is 0.882. The summed E-state index contributed by atoms with van der Waals surface area (Å²) >= 11 is 0. The summed E-state index contributed by atoms with van der Waals surface area (Å²) < 4.78 is 5.15. The molecule has 0 spiro atoms. The van der Waals surface area contributed by atoms with Gasteiger partial charge in [0.25, 0.3) is 0 Å². The molecule has 0 bridgehead atoms. The van der Waals surface area contributed by atoms with E-state index >= 15 is 0 Å². The van der Waals surface area contributed by atoms with Gasteiger partial charge in [-0.25, -0.2) is 0 Å². The van der Waals surface area contributed by atoms with Crippen LogP contribution in [0.1, 0.15) is 11.3 Å². The third kappa shape index (κ3) is 2.50. The predicted molar refractivity (Wildman–Crippen MR) is 70.3 cm³/mol. The summed E-state index contributed by atoms with van der Waals surface area (Å²) in [6.07, 6.45) is 0. The van der Waals surface area contributed by atoms with Crippen LogP contribution in [0.2, 0.25) is 0 Å². The van der Waals surface area contributed by atoms with Crippen molar-refractivity contribution in [3.8, 4) is 17.0 Å². The maximum absolute atomic E-state index is 5.15. The normalized spacial score (nSPS) is 10.5. The van der Waals surface area contributed by atoms with Crippen molar-refractivity contribution in [1.82, 2.24) is 10.3 Å². The summed E-state index contributed by atoms with van der Waals surface area (Å²) in [6.45, 7) is 2.98. The molecule has 1 aromatic carbocycles. The van der Waals surface area contributed by atoms with Crippen molar-refractivity contribution in [3.05, 3.63) is 41.6 Å². The summed E-state index contributed by atoms with van der Waals surface area (Å²) in [7, 11) is 3.64. The Morgan fingerprint density at radius 2 is 1.94 bits per heavy atom. The first-order valence-corrected chi connectivity index (χ1v) is 5.72. The Bertz CT molecular complexity index is 485. The second-order valence-electron chi connectivity index (χ2n) is 4.09. The van der Waals surface area contributed by atoms with Gasteiger partial charge in [0, 0.05) is 17.9 Å². The third-order valence-electron chi connectivity index (χ3n) is 2.89. The first-order chi connectivity index (χ1) is 8.24. The Morgan fingerprint density at radius 3 is 2.53 bits per heavy atom. The maximum atomic E-state index is 5.15. The molecular formula is C14H18N2O. The van der Waals surface area contributed by atoms with E-state index in [2.05, 4.69) is 35.4 Å². The highest BCUT2D eigenvalue weighted by Gasteiger charge is 2.05. The van der Waals surface area contributed by atoms with Crippen LogP contribution in [0.3, 0.4) is 0 Å². The lowest BCUT2D eigenvalue weighted by molar-refractivity contribution is 0.415. The van der Waals surface area contributed by atoms with Gasteiger partial charge in [0.1, 0.15) is 5.75 Å². The standard InChI is InChI=1S/C14H18N2O/c1-10-12(9-15-2)8-14(16-10)11-4-6-13(17-3)7-5-11/h4-8,15-16H,9H2,1-3H3. The highest BCUT2D eigenvalue weighted by atomic mass is 16.5. The first-order valence-electron chi connectivity index (χ1n) is 5.72. The number of ether oxygens (including phenoxy) is 1. The number of benzene rings is 1. The minimum Gasteiger partial charge on any atom is -0.497 e. The van der Waals surface area contributed by atoms with Gasteiger partial charge >= 0.3 is 0 Å². The van der Waals surface area contributed by atoms with Crippen LogP contribution in [0.25, 0.3) is 11.3 Å². The van der Waals surface area contributed by atoms with E-state index in [1.165, 1.54) is 16.8 Å². The number of hydrogen-bond donors (Lipinski definition) is 2. The number of rotatable bonds is 4. The van der Waals surface area contributed by atoms with Crippen LogP contribution in [0, 0.1) is 6.92 Å². The average Bonchev–Trinajstić information content (AvgIpc) is 2.72. The summed E-state index contributed by atoms with van der Waals surface area (Å²) in [4.78, 5) is 3.40. The molecule has 0 radical (unpaired) electrons. The Kier molecular flexibility index (Phi) is 3.49. The summed E-state index contributed by atoms with van der Waals surface area (Å²) in [5.41, 5.74) is 4.84. The fraction of sp³-hybridized carbons (Fsp3) is 0.286. The van der Waals surface area contributed by atoms with Crippen LogP contribution in [0.15, 0.2) is 30.3 Å².